The summed E-state index contributed by atoms with van der Waals surface area (Å²) in [5, 5.41) is 0.721. The third-order valence-corrected chi connectivity index (χ3v) is 5.52. The second kappa shape index (κ2) is 10.2. The molecule has 1 aliphatic heterocycles. The number of carbonyl (C=O) groups is 1. The van der Waals surface area contributed by atoms with Crippen molar-refractivity contribution in [1.29, 1.82) is 0 Å². The number of halogens is 1. The Kier molecular flexibility index (Phi) is 7.67. The van der Waals surface area contributed by atoms with Crippen LogP contribution in [0.2, 0.25) is 5.02 Å². The molecule has 0 spiro atoms. The van der Waals surface area contributed by atoms with Crippen LogP contribution in [0.3, 0.4) is 0 Å². The van der Waals surface area contributed by atoms with Crippen LogP contribution in [-0.2, 0) is 22.6 Å². The first-order valence-corrected chi connectivity index (χ1v) is 10.9. The zero-order chi connectivity index (χ0) is 21.7. The Bertz CT molecular complexity index is 862. The van der Waals surface area contributed by atoms with Crippen LogP contribution in [0, 0.1) is 12.8 Å². The highest BCUT2D eigenvalue weighted by molar-refractivity contribution is 6.30. The van der Waals surface area contributed by atoms with Crippen molar-refractivity contribution < 1.29 is 9.53 Å². The number of amides is 1. The number of aryl methyl sites for hydroxylation is 1. The van der Waals surface area contributed by atoms with E-state index in [0.717, 1.165) is 46.6 Å². The van der Waals surface area contributed by atoms with Crippen LogP contribution < -0.4 is 4.90 Å². The number of aromatic nitrogens is 2. The van der Waals surface area contributed by atoms with Crippen LogP contribution in [0.4, 0.5) is 5.82 Å². The molecule has 0 radical (unpaired) electrons. The van der Waals surface area contributed by atoms with E-state index in [1.807, 2.05) is 36.1 Å². The molecule has 1 aliphatic rings. The molecule has 2 aromatic rings. The molecule has 3 rings (SSSR count). The first-order valence-electron chi connectivity index (χ1n) is 10.5. The molecule has 0 bridgehead atoms. The Morgan fingerprint density at radius 1 is 1.13 bits per heavy atom. The zero-order valence-electron chi connectivity index (χ0n) is 18.3. The summed E-state index contributed by atoms with van der Waals surface area (Å²) in [4.78, 5) is 26.1. The summed E-state index contributed by atoms with van der Waals surface area (Å²) >= 11 is 6.05. The number of ether oxygens (including phenoxy) is 1. The van der Waals surface area contributed by atoms with E-state index in [4.69, 9.17) is 21.3 Å². The van der Waals surface area contributed by atoms with Gasteiger partial charge in [-0.2, -0.15) is 0 Å². The minimum absolute atomic E-state index is 0.241. The summed E-state index contributed by atoms with van der Waals surface area (Å²) in [6.45, 7) is 9.48. The monoisotopic (exact) mass is 430 g/mol. The van der Waals surface area contributed by atoms with Gasteiger partial charge in [0.05, 0.1) is 12.3 Å². The fraction of sp³-hybridized carbons (Fsp3) is 0.522. The Morgan fingerprint density at radius 3 is 2.40 bits per heavy atom. The van der Waals surface area contributed by atoms with Crippen LogP contribution >= 0.6 is 11.6 Å². The summed E-state index contributed by atoms with van der Waals surface area (Å²) in [6.07, 6.45) is 1.31. The lowest BCUT2D eigenvalue weighted by Gasteiger charge is -2.37. The molecule has 7 heteroatoms. The SMILES string of the molecule is COCc1nc(C)nc(N2CCN(C(=O)CC(C)C)CC2)c1Cc1ccc(Cl)cc1. The largest absolute Gasteiger partial charge is 0.378 e. The summed E-state index contributed by atoms with van der Waals surface area (Å²) < 4.78 is 5.43. The third-order valence-electron chi connectivity index (χ3n) is 5.27. The number of rotatable bonds is 7. The Morgan fingerprint density at radius 2 is 1.80 bits per heavy atom. The van der Waals surface area contributed by atoms with Crippen molar-refractivity contribution in [3.63, 3.8) is 0 Å². The highest BCUT2D eigenvalue weighted by Crippen LogP contribution is 2.27. The smallest absolute Gasteiger partial charge is 0.222 e. The van der Waals surface area contributed by atoms with Crippen molar-refractivity contribution in [2.75, 3.05) is 38.2 Å². The number of methoxy groups -OCH3 is 1. The molecule has 0 atom stereocenters. The van der Waals surface area contributed by atoms with Gasteiger partial charge in [-0.05, 0) is 30.5 Å². The highest BCUT2D eigenvalue weighted by Gasteiger charge is 2.25. The molecule has 0 aliphatic carbocycles. The van der Waals surface area contributed by atoms with Crippen LogP contribution in [0.15, 0.2) is 24.3 Å². The first-order chi connectivity index (χ1) is 14.4. The van der Waals surface area contributed by atoms with Crippen LogP contribution in [0.25, 0.3) is 0 Å². The topological polar surface area (TPSA) is 58.6 Å². The highest BCUT2D eigenvalue weighted by atomic mass is 35.5. The van der Waals surface area contributed by atoms with Gasteiger partial charge in [0.1, 0.15) is 11.6 Å². The summed E-state index contributed by atoms with van der Waals surface area (Å²) in [7, 11) is 1.68. The molecule has 1 aromatic heterocycles. The van der Waals surface area contributed by atoms with Gasteiger partial charge in [-0.15, -0.1) is 0 Å². The van der Waals surface area contributed by atoms with Crippen molar-refractivity contribution in [2.45, 2.75) is 40.2 Å². The molecule has 0 N–H and O–H groups in total. The number of anilines is 1. The number of nitrogens with zero attached hydrogens (tertiary/aromatic N) is 4. The molecule has 162 valence electrons. The molecular formula is C23H31ClN4O2. The Hall–Kier alpha value is -2.18. The molecule has 1 aromatic carbocycles. The lowest BCUT2D eigenvalue weighted by Crippen LogP contribution is -2.49. The van der Waals surface area contributed by atoms with Gasteiger partial charge in [0.15, 0.2) is 0 Å². The maximum Gasteiger partial charge on any atom is 0.222 e. The predicted octanol–water partition coefficient (Wildman–Crippen LogP) is 3.87. The Labute approximate surface area is 184 Å². The van der Waals surface area contributed by atoms with Crippen molar-refractivity contribution >= 4 is 23.3 Å². The number of hydrogen-bond acceptors (Lipinski definition) is 5. The van der Waals surface area contributed by atoms with Gasteiger partial charge in [-0.25, -0.2) is 9.97 Å². The lowest BCUT2D eigenvalue weighted by atomic mass is 10.0. The maximum absolute atomic E-state index is 12.4. The maximum atomic E-state index is 12.4. The first kappa shape index (κ1) is 22.5. The second-order valence-electron chi connectivity index (χ2n) is 8.22. The van der Waals surface area contributed by atoms with Crippen LogP contribution in [-0.4, -0.2) is 54.1 Å². The van der Waals surface area contributed by atoms with E-state index < -0.39 is 0 Å². The van der Waals surface area contributed by atoms with E-state index in [1.165, 1.54) is 0 Å². The second-order valence-corrected chi connectivity index (χ2v) is 8.66. The molecule has 0 unspecified atom stereocenters. The zero-order valence-corrected chi connectivity index (χ0v) is 19.1. The number of benzene rings is 1. The van der Waals surface area contributed by atoms with E-state index in [-0.39, 0.29) is 5.91 Å². The quantitative estimate of drug-likeness (QED) is 0.667. The molecular weight excluding hydrogens is 400 g/mol. The average Bonchev–Trinajstić information content (AvgIpc) is 2.71. The standard InChI is InChI=1S/C23H31ClN4O2/c1-16(2)13-22(29)27-9-11-28(12-10-27)23-20(14-18-5-7-19(24)8-6-18)21(15-30-4)25-17(3)26-23/h5-8,16H,9-15H2,1-4H3. The average molecular weight is 431 g/mol. The molecule has 2 heterocycles. The minimum atomic E-state index is 0.241. The van der Waals surface area contributed by atoms with E-state index in [9.17, 15) is 4.79 Å². The number of hydrogen-bond donors (Lipinski definition) is 0. The minimum Gasteiger partial charge on any atom is -0.378 e. The Balaban J connectivity index is 1.84. The fourth-order valence-corrected chi connectivity index (χ4v) is 3.91. The summed E-state index contributed by atoms with van der Waals surface area (Å²) in [6, 6.07) is 7.87. The van der Waals surface area contributed by atoms with E-state index in [0.29, 0.717) is 38.5 Å². The van der Waals surface area contributed by atoms with Gasteiger partial charge in [0.25, 0.3) is 0 Å². The molecule has 1 saturated heterocycles. The van der Waals surface area contributed by atoms with Gasteiger partial charge in [0, 0.05) is 56.7 Å². The van der Waals surface area contributed by atoms with E-state index >= 15 is 0 Å². The van der Waals surface area contributed by atoms with Crippen LogP contribution in [0.5, 0.6) is 0 Å². The number of piperazine rings is 1. The van der Waals surface area contributed by atoms with E-state index in [1.54, 1.807) is 7.11 Å². The van der Waals surface area contributed by atoms with Crippen molar-refractivity contribution in [3.05, 3.63) is 51.9 Å². The van der Waals surface area contributed by atoms with Gasteiger partial charge in [0.2, 0.25) is 5.91 Å². The summed E-state index contributed by atoms with van der Waals surface area (Å²) in [5.74, 6) is 2.29. The summed E-state index contributed by atoms with van der Waals surface area (Å²) in [5.41, 5.74) is 3.14. The van der Waals surface area contributed by atoms with Crippen molar-refractivity contribution in [1.82, 2.24) is 14.9 Å². The molecule has 1 amide bonds. The molecule has 0 saturated carbocycles. The molecule has 30 heavy (non-hydrogen) atoms. The van der Waals surface area contributed by atoms with Gasteiger partial charge >= 0.3 is 0 Å². The predicted molar refractivity (Wildman–Crippen MR) is 120 cm³/mol. The number of carbonyl (C=O) groups excluding carboxylic acids is 1. The molecule has 6 nitrogen and oxygen atoms in total. The molecule has 1 fully saturated rings. The third kappa shape index (κ3) is 5.70. The van der Waals surface area contributed by atoms with Gasteiger partial charge in [-0.3, -0.25) is 4.79 Å². The van der Waals surface area contributed by atoms with E-state index in [2.05, 4.69) is 23.7 Å². The van der Waals surface area contributed by atoms with Gasteiger partial charge < -0.3 is 14.5 Å². The van der Waals surface area contributed by atoms with Crippen molar-refractivity contribution in [2.24, 2.45) is 5.92 Å². The van der Waals surface area contributed by atoms with Crippen molar-refractivity contribution in [3.8, 4) is 0 Å². The van der Waals surface area contributed by atoms with Crippen LogP contribution in [0.1, 0.15) is 42.9 Å². The lowest BCUT2D eigenvalue weighted by molar-refractivity contribution is -0.132. The normalized spacial score (nSPS) is 14.5. The van der Waals surface area contributed by atoms with Gasteiger partial charge in [-0.1, -0.05) is 37.6 Å². The fourth-order valence-electron chi connectivity index (χ4n) is 3.79.